The topological polar surface area (TPSA) is 376 Å². The SMILES string of the molecule is CCn1nc(C)cc1C(=O)Nc1nc2cc(C(N)=O)cc(OCCCN(C)C(=O)OCc3ccc(NC(=O)[C@H](C)NC(=O)[C@@H](NC(=O)CCN4C(=O)C=CC4=O)C(C)C)cc3)c2n1C/C=C/Cn1c2ncc(C(N)=O)cc2c2cnc(-c3cc(C)nn3CC)nc21. The molecule has 0 saturated carbocycles. The molecule has 8 N–H and O–H groups in total. The zero-order valence-electron chi connectivity index (χ0n) is 51.5. The molecule has 8 aromatic rings. The minimum Gasteiger partial charge on any atom is -0.491 e. The number of rotatable bonds is 27. The molecule has 29 heteroatoms. The third-order valence-corrected chi connectivity index (χ3v) is 14.9. The Labute approximate surface area is 521 Å². The Kier molecular flexibility index (Phi) is 19.7. The zero-order chi connectivity index (χ0) is 65.4. The number of imide groups is 1. The van der Waals surface area contributed by atoms with E-state index in [9.17, 15) is 43.2 Å². The van der Waals surface area contributed by atoms with Crippen LogP contribution in [0.1, 0.15) is 95.6 Å². The number of nitrogens with two attached hydrogens (primary N) is 2. The molecule has 91 heavy (non-hydrogen) atoms. The second-order valence-electron chi connectivity index (χ2n) is 21.9. The van der Waals surface area contributed by atoms with Gasteiger partial charge in [0.2, 0.25) is 35.5 Å². The number of nitrogens with one attached hydrogen (secondary N) is 4. The number of primary amides is 2. The van der Waals surface area contributed by atoms with Gasteiger partial charge in [-0.2, -0.15) is 10.2 Å². The van der Waals surface area contributed by atoms with Gasteiger partial charge in [0.1, 0.15) is 52.6 Å². The minimum absolute atomic E-state index is 0.0446. The van der Waals surface area contributed by atoms with Crippen molar-refractivity contribution in [3.63, 3.8) is 0 Å². The number of nitrogens with zero attached hydrogens (tertiary/aromatic N) is 12. The maximum atomic E-state index is 14.0. The lowest BCUT2D eigenvalue weighted by molar-refractivity contribution is -0.137. The molecule has 0 bridgehead atoms. The van der Waals surface area contributed by atoms with E-state index < -0.39 is 65.4 Å². The van der Waals surface area contributed by atoms with Crippen molar-refractivity contribution in [1.29, 1.82) is 0 Å². The van der Waals surface area contributed by atoms with Crippen LogP contribution < -0.4 is 37.5 Å². The number of imidazole rings is 1. The molecule has 0 spiro atoms. The minimum atomic E-state index is -1.01. The molecule has 0 fully saturated rings. The summed E-state index contributed by atoms with van der Waals surface area (Å²) in [6.07, 6.45) is 8.55. The maximum Gasteiger partial charge on any atom is 0.409 e. The van der Waals surface area contributed by atoms with E-state index in [2.05, 4.69) is 36.4 Å². The number of fused-ring (bicyclic) bond motifs is 4. The van der Waals surface area contributed by atoms with Gasteiger partial charge in [0, 0.05) is 99.3 Å². The maximum absolute atomic E-state index is 14.0. The first kappa shape index (κ1) is 64.3. The summed E-state index contributed by atoms with van der Waals surface area (Å²) in [5.41, 5.74) is 17.1. The lowest BCUT2D eigenvalue weighted by atomic mass is 10.0. The number of allylic oxidation sites excluding steroid dienone is 2. The van der Waals surface area contributed by atoms with Crippen LogP contribution in [0, 0.1) is 19.8 Å². The van der Waals surface area contributed by atoms with E-state index in [1.807, 2.05) is 48.2 Å². The molecular formula is C62H70N18O11. The van der Waals surface area contributed by atoms with Crippen LogP contribution in [-0.4, -0.2) is 151 Å². The quantitative estimate of drug-likeness (QED) is 0.0231. The van der Waals surface area contributed by atoms with Crippen molar-refractivity contribution in [3.8, 4) is 17.3 Å². The first-order chi connectivity index (χ1) is 43.5. The van der Waals surface area contributed by atoms with Crippen molar-refractivity contribution < 1.29 is 52.6 Å². The van der Waals surface area contributed by atoms with Crippen LogP contribution in [0.5, 0.6) is 5.75 Å². The molecule has 6 aromatic heterocycles. The number of aryl methyl sites for hydroxylation is 4. The summed E-state index contributed by atoms with van der Waals surface area (Å²) in [4.78, 5) is 137. The van der Waals surface area contributed by atoms with Crippen molar-refractivity contribution >= 4 is 98.1 Å². The number of ether oxygens (including phenoxy) is 2. The van der Waals surface area contributed by atoms with Gasteiger partial charge in [-0.1, -0.05) is 38.1 Å². The number of carbonyl (C=O) groups excluding carboxylic acids is 9. The number of hydrogen-bond donors (Lipinski definition) is 6. The number of benzene rings is 2. The summed E-state index contributed by atoms with van der Waals surface area (Å²) >= 11 is 0. The largest absolute Gasteiger partial charge is 0.491 e. The van der Waals surface area contributed by atoms with E-state index in [0.717, 1.165) is 28.4 Å². The second kappa shape index (κ2) is 27.9. The van der Waals surface area contributed by atoms with Crippen LogP contribution in [0.25, 0.3) is 44.6 Å². The number of carbonyl (C=O) groups is 9. The van der Waals surface area contributed by atoms with E-state index in [1.54, 1.807) is 79.7 Å². The lowest BCUT2D eigenvalue weighted by Crippen LogP contribution is -2.54. The van der Waals surface area contributed by atoms with Crippen LogP contribution >= 0.6 is 0 Å². The predicted octanol–water partition coefficient (Wildman–Crippen LogP) is 4.69. The molecule has 9 amide bonds. The summed E-state index contributed by atoms with van der Waals surface area (Å²) < 4.78 is 19.0. The molecule has 9 rings (SSSR count). The standard InChI is InChI=1S/C62H70N18O11/c1-9-79-45(26-35(5)73-79)55-65-32-43-42-28-40(54(64)85)31-66-56(42)78(57(43)71-55)23-12-11-22-77-52-44(69-61(77)72-59(87)46-27-36(6)74-80(46)10-2)29-39(53(63)84)30-47(52)90-25-13-21-75(8)62(89)91-33-38-14-16-41(17-15-38)68-58(86)37(7)67-60(88)51(34(3)4)70-48(81)20-24-76-49(82)18-19-50(76)83/h11-12,14-19,26-32,34,37,51H,9-10,13,20-25,33H2,1-8H3,(H2,63,84)(H2,64,85)(H,67,88)(H,68,86)(H,70,81)(H,69,72,87)/b12-11+/t37-,51-/m0/s1. The summed E-state index contributed by atoms with van der Waals surface area (Å²) in [5, 5.41) is 21.2. The fraction of sp³-hybridized carbons (Fsp3) is 0.339. The van der Waals surface area contributed by atoms with Crippen molar-refractivity contribution in [2.75, 3.05) is 37.4 Å². The monoisotopic (exact) mass is 1240 g/mol. The number of pyridine rings is 1. The first-order valence-corrected chi connectivity index (χ1v) is 29.4. The molecule has 0 aliphatic carbocycles. The van der Waals surface area contributed by atoms with Crippen LogP contribution in [0.3, 0.4) is 0 Å². The highest BCUT2D eigenvalue weighted by atomic mass is 16.6. The van der Waals surface area contributed by atoms with Crippen LogP contribution in [-0.2, 0) is 61.5 Å². The van der Waals surface area contributed by atoms with E-state index in [0.29, 0.717) is 75.6 Å². The van der Waals surface area contributed by atoms with E-state index in [-0.39, 0.29) is 80.1 Å². The normalized spacial score (nSPS) is 13.0. The molecule has 2 aromatic carbocycles. The van der Waals surface area contributed by atoms with E-state index >= 15 is 0 Å². The summed E-state index contributed by atoms with van der Waals surface area (Å²) in [6, 6.07) is 12.8. The van der Waals surface area contributed by atoms with Crippen molar-refractivity contribution in [2.45, 2.75) is 106 Å². The fourth-order valence-electron chi connectivity index (χ4n) is 10.2. The van der Waals surface area contributed by atoms with Crippen LogP contribution in [0.4, 0.5) is 16.4 Å². The van der Waals surface area contributed by atoms with Gasteiger partial charge in [-0.05, 0) is 95.0 Å². The van der Waals surface area contributed by atoms with Gasteiger partial charge in [-0.15, -0.1) is 0 Å². The third kappa shape index (κ3) is 14.7. The number of amides is 9. The van der Waals surface area contributed by atoms with E-state index in [4.69, 9.17) is 35.9 Å². The van der Waals surface area contributed by atoms with Gasteiger partial charge in [-0.3, -0.25) is 57.9 Å². The van der Waals surface area contributed by atoms with Gasteiger partial charge in [0.05, 0.1) is 29.1 Å². The molecule has 2 atom stereocenters. The van der Waals surface area contributed by atoms with Crippen molar-refractivity contribution in [2.24, 2.45) is 17.4 Å². The smallest absolute Gasteiger partial charge is 0.409 e. The Bertz CT molecular complexity index is 4210. The first-order valence-electron chi connectivity index (χ1n) is 29.4. The predicted molar refractivity (Wildman–Crippen MR) is 334 cm³/mol. The molecule has 474 valence electrons. The van der Waals surface area contributed by atoms with Gasteiger partial charge in [0.25, 0.3) is 17.7 Å². The highest BCUT2D eigenvalue weighted by molar-refractivity contribution is 6.13. The molecule has 0 saturated heterocycles. The number of aromatic nitrogens is 10. The second-order valence-corrected chi connectivity index (χ2v) is 21.9. The Morgan fingerprint density at radius 3 is 2.10 bits per heavy atom. The van der Waals surface area contributed by atoms with Crippen LogP contribution in [0.15, 0.2) is 91.3 Å². The molecule has 1 aliphatic rings. The van der Waals surface area contributed by atoms with Gasteiger partial charge in [-0.25, -0.2) is 24.7 Å². The van der Waals surface area contributed by atoms with Gasteiger partial charge >= 0.3 is 6.09 Å². The molecule has 29 nitrogen and oxygen atoms in total. The molecule has 0 radical (unpaired) electrons. The Morgan fingerprint density at radius 2 is 1.42 bits per heavy atom. The molecule has 7 heterocycles. The van der Waals surface area contributed by atoms with Crippen molar-refractivity contribution in [3.05, 3.63) is 125 Å². The third-order valence-electron chi connectivity index (χ3n) is 14.9. The fourth-order valence-corrected chi connectivity index (χ4v) is 10.2. The van der Waals surface area contributed by atoms with E-state index in [1.165, 1.54) is 30.2 Å². The number of hydrogen-bond acceptors (Lipinski definition) is 17. The summed E-state index contributed by atoms with van der Waals surface area (Å²) in [6.45, 7) is 13.8. The highest BCUT2D eigenvalue weighted by Gasteiger charge is 2.30. The molecule has 0 unspecified atom stereocenters. The Morgan fingerprint density at radius 1 is 0.736 bits per heavy atom. The molecule has 1 aliphatic heterocycles. The van der Waals surface area contributed by atoms with Crippen molar-refractivity contribution in [1.82, 2.24) is 69.1 Å². The average molecular weight is 1240 g/mol. The van der Waals surface area contributed by atoms with Gasteiger partial charge in [0.15, 0.2) is 5.82 Å². The highest BCUT2D eigenvalue weighted by Crippen LogP contribution is 2.33. The Balaban J connectivity index is 0.849. The Hall–Kier alpha value is -11.1. The summed E-state index contributed by atoms with van der Waals surface area (Å²) in [5.74, 6) is -4.18. The lowest BCUT2D eigenvalue weighted by Gasteiger charge is -2.24. The number of anilines is 2. The van der Waals surface area contributed by atoms with Crippen LogP contribution in [0.2, 0.25) is 0 Å². The average Bonchev–Trinajstić information content (AvgIpc) is 1.62. The zero-order valence-corrected chi connectivity index (χ0v) is 51.5. The summed E-state index contributed by atoms with van der Waals surface area (Å²) in [7, 11) is 1.56. The van der Waals surface area contributed by atoms with Gasteiger partial charge < -0.3 is 50.9 Å². The molecular weight excluding hydrogens is 1170 g/mol.